The predicted molar refractivity (Wildman–Crippen MR) is 68.3 cm³/mol. The third-order valence-electron chi connectivity index (χ3n) is 6.67. The normalized spacial score (nSPS) is 62.3. The summed E-state index contributed by atoms with van der Waals surface area (Å²) in [6.07, 6.45) is 3.79. The van der Waals surface area contributed by atoms with Gasteiger partial charge in [-0.25, -0.2) is 0 Å². The molecule has 4 nitrogen and oxygen atoms in total. The number of aliphatic hydroxyl groups is 2. The molecule has 0 amide bonds. The number of hydrogen-bond acceptors (Lipinski definition) is 4. The highest BCUT2D eigenvalue weighted by Gasteiger charge is 2.86. The van der Waals surface area contributed by atoms with Gasteiger partial charge >= 0.3 is 0 Å². The van der Waals surface area contributed by atoms with Crippen molar-refractivity contribution in [3.63, 3.8) is 0 Å². The molecule has 0 radical (unpaired) electrons. The minimum absolute atomic E-state index is 0.0878. The van der Waals surface area contributed by atoms with Crippen LogP contribution in [0.2, 0.25) is 0 Å². The largest absolute Gasteiger partial charge is 0.393 e. The van der Waals surface area contributed by atoms with Gasteiger partial charge in [-0.3, -0.25) is 0 Å². The Balaban J connectivity index is 1.98. The van der Waals surface area contributed by atoms with E-state index in [1.54, 1.807) is 0 Å². The molecule has 6 atom stereocenters. The van der Waals surface area contributed by atoms with E-state index >= 15 is 0 Å². The Labute approximate surface area is 113 Å². The van der Waals surface area contributed by atoms with Crippen molar-refractivity contribution in [2.75, 3.05) is 6.61 Å². The van der Waals surface area contributed by atoms with E-state index in [2.05, 4.69) is 26.8 Å². The van der Waals surface area contributed by atoms with Gasteiger partial charge in [0.25, 0.3) is 0 Å². The fourth-order valence-electron chi connectivity index (χ4n) is 5.28. The van der Waals surface area contributed by atoms with E-state index in [0.717, 1.165) is 12.8 Å². The number of rotatable bonds is 1. The van der Waals surface area contributed by atoms with Crippen molar-refractivity contribution in [1.29, 1.82) is 0 Å². The first kappa shape index (κ1) is 12.3. The SMILES string of the molecule is CC1=CC23O[C@H]4[C@@H](O)C[C@](C)([C@@]2(C)CC1)[C@]4(CO)O3. The van der Waals surface area contributed by atoms with Crippen molar-refractivity contribution in [3.8, 4) is 0 Å². The summed E-state index contributed by atoms with van der Waals surface area (Å²) >= 11 is 0. The van der Waals surface area contributed by atoms with Gasteiger partial charge in [0.2, 0.25) is 0 Å². The molecule has 2 aliphatic carbocycles. The molecule has 4 heteroatoms. The van der Waals surface area contributed by atoms with E-state index in [4.69, 9.17) is 9.47 Å². The van der Waals surface area contributed by atoms with Crippen molar-refractivity contribution < 1.29 is 19.7 Å². The van der Waals surface area contributed by atoms with Gasteiger partial charge in [-0.1, -0.05) is 19.4 Å². The first-order valence-corrected chi connectivity index (χ1v) is 7.19. The molecular formula is C15H22O4. The van der Waals surface area contributed by atoms with Crippen LogP contribution in [0.5, 0.6) is 0 Å². The molecule has 4 aliphatic rings. The topological polar surface area (TPSA) is 58.9 Å². The van der Waals surface area contributed by atoms with Crippen LogP contribution in [-0.2, 0) is 9.47 Å². The van der Waals surface area contributed by atoms with Gasteiger partial charge in [-0.05, 0) is 32.3 Å². The van der Waals surface area contributed by atoms with Crippen LogP contribution in [-0.4, -0.2) is 40.4 Å². The van der Waals surface area contributed by atoms with Crippen molar-refractivity contribution in [2.45, 2.75) is 63.6 Å². The standard InChI is InChI=1S/C15H22O4/c1-9-4-5-12(2)13(3)7-10(17)11-14(13,8-16)19-15(12,6-9)18-11/h6,10-11,16-17H,4-5,7-8H2,1-3H3/t10-,11-,12+,13+,14+,15?/m0/s1. The Morgan fingerprint density at radius 2 is 2.11 bits per heavy atom. The summed E-state index contributed by atoms with van der Waals surface area (Å²) in [7, 11) is 0. The van der Waals surface area contributed by atoms with Crippen molar-refractivity contribution in [2.24, 2.45) is 10.8 Å². The van der Waals surface area contributed by atoms with Crippen LogP contribution in [0.4, 0.5) is 0 Å². The van der Waals surface area contributed by atoms with E-state index in [9.17, 15) is 10.2 Å². The highest BCUT2D eigenvalue weighted by atomic mass is 16.8. The number of ether oxygens (including phenoxy) is 2. The summed E-state index contributed by atoms with van der Waals surface area (Å²) in [6.45, 7) is 6.36. The maximum absolute atomic E-state index is 10.3. The Bertz CT molecular complexity index is 489. The first-order chi connectivity index (χ1) is 8.84. The molecule has 2 heterocycles. The number of hydrogen-bond donors (Lipinski definition) is 2. The van der Waals surface area contributed by atoms with Gasteiger partial charge in [-0.2, -0.15) is 0 Å². The second kappa shape index (κ2) is 3.08. The third kappa shape index (κ3) is 0.963. The van der Waals surface area contributed by atoms with Crippen LogP contribution in [0.25, 0.3) is 0 Å². The minimum Gasteiger partial charge on any atom is -0.393 e. The molecule has 0 aromatic rings. The van der Waals surface area contributed by atoms with E-state index in [-0.39, 0.29) is 17.4 Å². The zero-order valence-corrected chi connectivity index (χ0v) is 11.8. The average molecular weight is 266 g/mol. The number of allylic oxidation sites excluding steroid dienone is 1. The summed E-state index contributed by atoms with van der Waals surface area (Å²) < 4.78 is 12.5. The Kier molecular flexibility index (Phi) is 2.00. The first-order valence-electron chi connectivity index (χ1n) is 7.19. The van der Waals surface area contributed by atoms with Gasteiger partial charge < -0.3 is 19.7 Å². The maximum atomic E-state index is 10.3. The minimum atomic E-state index is -0.755. The van der Waals surface area contributed by atoms with Crippen LogP contribution >= 0.6 is 0 Å². The molecular weight excluding hydrogens is 244 g/mol. The Morgan fingerprint density at radius 3 is 2.79 bits per heavy atom. The summed E-state index contributed by atoms with van der Waals surface area (Å²) in [4.78, 5) is 0. The fourth-order valence-corrected chi connectivity index (χ4v) is 5.28. The van der Waals surface area contributed by atoms with E-state index in [0.29, 0.717) is 6.42 Å². The smallest absolute Gasteiger partial charge is 0.195 e. The molecule has 4 rings (SSSR count). The third-order valence-corrected chi connectivity index (χ3v) is 6.67. The zero-order chi connectivity index (χ0) is 13.7. The van der Waals surface area contributed by atoms with E-state index in [1.807, 2.05) is 0 Å². The molecule has 2 saturated heterocycles. The van der Waals surface area contributed by atoms with Gasteiger partial charge in [-0.15, -0.1) is 0 Å². The summed E-state index contributed by atoms with van der Waals surface area (Å²) in [5.74, 6) is -0.755. The molecule has 0 aromatic carbocycles. The molecule has 1 unspecified atom stereocenters. The molecule has 1 saturated carbocycles. The average Bonchev–Trinajstić information content (AvgIpc) is 2.83. The van der Waals surface area contributed by atoms with Crippen LogP contribution in [0.1, 0.15) is 40.0 Å². The quantitative estimate of drug-likeness (QED) is 0.704. The molecule has 19 heavy (non-hydrogen) atoms. The molecule has 106 valence electrons. The second-order valence-electron chi connectivity index (χ2n) is 7.28. The summed E-state index contributed by atoms with van der Waals surface area (Å²) in [5, 5.41) is 20.3. The van der Waals surface area contributed by atoms with Gasteiger partial charge in [0.1, 0.15) is 11.7 Å². The maximum Gasteiger partial charge on any atom is 0.195 e. The molecule has 2 N–H and O–H groups in total. The summed E-state index contributed by atoms with van der Waals surface area (Å²) in [6, 6.07) is 0. The van der Waals surface area contributed by atoms with Gasteiger partial charge in [0, 0.05) is 10.8 Å². The lowest BCUT2D eigenvalue weighted by atomic mass is 9.53. The fraction of sp³-hybridized carbons (Fsp3) is 0.867. The highest BCUT2D eigenvalue weighted by Crippen LogP contribution is 2.77. The molecule has 2 bridgehead atoms. The Hall–Kier alpha value is -0.420. The van der Waals surface area contributed by atoms with E-state index in [1.165, 1.54) is 5.57 Å². The lowest BCUT2D eigenvalue weighted by molar-refractivity contribution is -0.204. The predicted octanol–water partition coefficient (Wildman–Crippen LogP) is 1.36. The molecule has 3 fully saturated rings. The van der Waals surface area contributed by atoms with Crippen molar-refractivity contribution in [3.05, 3.63) is 11.6 Å². The number of aliphatic hydroxyl groups excluding tert-OH is 2. The van der Waals surface area contributed by atoms with E-state index < -0.39 is 23.6 Å². The molecule has 1 spiro atoms. The lowest BCUT2D eigenvalue weighted by Gasteiger charge is -2.52. The van der Waals surface area contributed by atoms with Crippen LogP contribution in [0, 0.1) is 10.8 Å². The lowest BCUT2D eigenvalue weighted by Crippen LogP contribution is -2.60. The van der Waals surface area contributed by atoms with Gasteiger partial charge in [0.05, 0.1) is 12.7 Å². The molecule has 2 aliphatic heterocycles. The highest BCUT2D eigenvalue weighted by molar-refractivity contribution is 5.36. The number of fused-ring (bicyclic) bond motifs is 1. The van der Waals surface area contributed by atoms with Crippen molar-refractivity contribution >= 4 is 0 Å². The van der Waals surface area contributed by atoms with Crippen molar-refractivity contribution in [1.82, 2.24) is 0 Å². The zero-order valence-electron chi connectivity index (χ0n) is 11.8. The second-order valence-corrected chi connectivity index (χ2v) is 7.28. The van der Waals surface area contributed by atoms with Crippen LogP contribution in [0.15, 0.2) is 11.6 Å². The van der Waals surface area contributed by atoms with Crippen LogP contribution < -0.4 is 0 Å². The van der Waals surface area contributed by atoms with Gasteiger partial charge in [0.15, 0.2) is 5.79 Å². The molecule has 0 aromatic heterocycles. The summed E-state index contributed by atoms with van der Waals surface area (Å²) in [5.41, 5.74) is 0.0953. The van der Waals surface area contributed by atoms with Crippen LogP contribution in [0.3, 0.4) is 0 Å². The monoisotopic (exact) mass is 266 g/mol. The Morgan fingerprint density at radius 1 is 1.37 bits per heavy atom.